The zero-order chi connectivity index (χ0) is 16.4. The van der Waals surface area contributed by atoms with Crippen molar-refractivity contribution in [2.75, 3.05) is 6.54 Å². The predicted octanol–water partition coefficient (Wildman–Crippen LogP) is 3.83. The number of hydrogen-bond donors (Lipinski definition) is 2. The molecule has 124 valence electrons. The molecule has 1 rings (SSSR count). The standard InChI is InChI=1S/C17H26F2N2O/c1-2-7-16(14-10-9-13(18)12-15(14)19)21-17(22)8-5-3-4-6-11-20/h9-10,12,16H,2-8,11,20H2,1H3,(H,21,22). The SMILES string of the molecule is CCCC(NC(=O)CCCCCCN)c1ccc(F)cc1F. The Labute approximate surface area is 131 Å². The lowest BCUT2D eigenvalue weighted by Gasteiger charge is -2.19. The van der Waals surface area contributed by atoms with Crippen molar-refractivity contribution in [3.05, 3.63) is 35.4 Å². The first kappa shape index (κ1) is 18.6. The maximum Gasteiger partial charge on any atom is 0.220 e. The van der Waals surface area contributed by atoms with Gasteiger partial charge < -0.3 is 11.1 Å². The van der Waals surface area contributed by atoms with Gasteiger partial charge in [0.15, 0.2) is 0 Å². The van der Waals surface area contributed by atoms with E-state index in [-0.39, 0.29) is 5.91 Å². The van der Waals surface area contributed by atoms with Crippen LogP contribution in [0.25, 0.3) is 0 Å². The second-order valence-electron chi connectivity index (χ2n) is 5.53. The number of benzene rings is 1. The van der Waals surface area contributed by atoms with Crippen molar-refractivity contribution < 1.29 is 13.6 Å². The van der Waals surface area contributed by atoms with Gasteiger partial charge in [-0.3, -0.25) is 4.79 Å². The summed E-state index contributed by atoms with van der Waals surface area (Å²) in [5.74, 6) is -1.31. The number of hydrogen-bond acceptors (Lipinski definition) is 2. The number of carbonyl (C=O) groups is 1. The third kappa shape index (κ3) is 6.52. The van der Waals surface area contributed by atoms with E-state index in [1.807, 2.05) is 6.92 Å². The summed E-state index contributed by atoms with van der Waals surface area (Å²) in [6.07, 6.45) is 5.62. The normalized spacial score (nSPS) is 12.2. The van der Waals surface area contributed by atoms with Gasteiger partial charge >= 0.3 is 0 Å². The highest BCUT2D eigenvalue weighted by Crippen LogP contribution is 2.22. The van der Waals surface area contributed by atoms with Crippen molar-refractivity contribution in [2.24, 2.45) is 5.73 Å². The van der Waals surface area contributed by atoms with Gasteiger partial charge in [0, 0.05) is 18.1 Å². The molecule has 0 aromatic heterocycles. The third-order valence-electron chi connectivity index (χ3n) is 3.61. The Morgan fingerprint density at radius 3 is 2.59 bits per heavy atom. The van der Waals surface area contributed by atoms with Gasteiger partial charge in [-0.2, -0.15) is 0 Å². The van der Waals surface area contributed by atoms with Gasteiger partial charge in [0.1, 0.15) is 11.6 Å². The fraction of sp³-hybridized carbons (Fsp3) is 0.588. The van der Waals surface area contributed by atoms with Gasteiger partial charge in [0.25, 0.3) is 0 Å². The molecule has 3 nitrogen and oxygen atoms in total. The molecule has 0 aliphatic rings. The molecule has 0 heterocycles. The van der Waals surface area contributed by atoms with Crippen LogP contribution >= 0.6 is 0 Å². The lowest BCUT2D eigenvalue weighted by molar-refractivity contribution is -0.122. The highest BCUT2D eigenvalue weighted by atomic mass is 19.1. The third-order valence-corrected chi connectivity index (χ3v) is 3.61. The first-order valence-corrected chi connectivity index (χ1v) is 8.02. The largest absolute Gasteiger partial charge is 0.349 e. The Balaban J connectivity index is 2.54. The molecule has 0 spiro atoms. The van der Waals surface area contributed by atoms with E-state index in [4.69, 9.17) is 5.73 Å². The summed E-state index contributed by atoms with van der Waals surface area (Å²) >= 11 is 0. The molecule has 5 heteroatoms. The minimum atomic E-state index is -0.610. The second-order valence-corrected chi connectivity index (χ2v) is 5.53. The van der Waals surface area contributed by atoms with Crippen LogP contribution in [-0.2, 0) is 4.79 Å². The topological polar surface area (TPSA) is 55.1 Å². The zero-order valence-corrected chi connectivity index (χ0v) is 13.2. The van der Waals surface area contributed by atoms with Crippen LogP contribution in [0.15, 0.2) is 18.2 Å². The molecule has 1 aromatic carbocycles. The quantitative estimate of drug-likeness (QED) is 0.645. The van der Waals surface area contributed by atoms with Crippen LogP contribution in [0.2, 0.25) is 0 Å². The lowest BCUT2D eigenvalue weighted by Crippen LogP contribution is -2.29. The van der Waals surface area contributed by atoms with Gasteiger partial charge in [-0.1, -0.05) is 32.3 Å². The van der Waals surface area contributed by atoms with Gasteiger partial charge in [-0.25, -0.2) is 8.78 Å². The van der Waals surface area contributed by atoms with Crippen LogP contribution in [0.5, 0.6) is 0 Å². The molecule has 0 saturated heterocycles. The summed E-state index contributed by atoms with van der Waals surface area (Å²) in [4.78, 5) is 12.0. The molecule has 22 heavy (non-hydrogen) atoms. The van der Waals surface area contributed by atoms with E-state index >= 15 is 0 Å². The Kier molecular flexibility index (Phi) is 8.67. The molecule has 1 unspecified atom stereocenters. The van der Waals surface area contributed by atoms with Crippen molar-refractivity contribution in [2.45, 2.75) is 57.9 Å². The van der Waals surface area contributed by atoms with E-state index in [0.717, 1.165) is 38.2 Å². The Bertz CT molecular complexity index is 466. The summed E-state index contributed by atoms with van der Waals surface area (Å²) in [5.41, 5.74) is 5.76. The van der Waals surface area contributed by atoms with Crippen molar-refractivity contribution >= 4 is 5.91 Å². The monoisotopic (exact) mass is 312 g/mol. The van der Waals surface area contributed by atoms with E-state index in [1.165, 1.54) is 12.1 Å². The number of carbonyl (C=O) groups excluding carboxylic acids is 1. The highest BCUT2D eigenvalue weighted by molar-refractivity contribution is 5.76. The molecule has 0 aliphatic carbocycles. The molecular weight excluding hydrogens is 286 g/mol. The van der Waals surface area contributed by atoms with E-state index in [2.05, 4.69) is 5.32 Å². The average molecular weight is 312 g/mol. The molecule has 0 fully saturated rings. The molecule has 0 bridgehead atoms. The summed E-state index contributed by atoms with van der Waals surface area (Å²) in [6, 6.07) is 3.09. The van der Waals surface area contributed by atoms with Crippen LogP contribution in [0.3, 0.4) is 0 Å². The van der Waals surface area contributed by atoms with Crippen LogP contribution in [0.1, 0.15) is 63.5 Å². The summed E-state index contributed by atoms with van der Waals surface area (Å²) in [7, 11) is 0. The summed E-state index contributed by atoms with van der Waals surface area (Å²) in [5, 5.41) is 2.86. The van der Waals surface area contributed by atoms with E-state index < -0.39 is 17.7 Å². The van der Waals surface area contributed by atoms with E-state index in [9.17, 15) is 13.6 Å². The Hall–Kier alpha value is -1.49. The maximum atomic E-state index is 13.9. The molecule has 1 aromatic rings. The average Bonchev–Trinajstić information content (AvgIpc) is 2.47. The number of nitrogens with two attached hydrogens (primary N) is 1. The minimum absolute atomic E-state index is 0.0880. The molecule has 0 radical (unpaired) electrons. The smallest absolute Gasteiger partial charge is 0.220 e. The maximum absolute atomic E-state index is 13.9. The number of amides is 1. The van der Waals surface area contributed by atoms with Crippen LogP contribution in [-0.4, -0.2) is 12.5 Å². The highest BCUT2D eigenvalue weighted by Gasteiger charge is 2.17. The van der Waals surface area contributed by atoms with Gasteiger partial charge in [-0.05, 0) is 31.9 Å². The molecule has 0 aliphatic heterocycles. The number of halogens is 2. The van der Waals surface area contributed by atoms with E-state index in [1.54, 1.807) is 0 Å². The molecule has 0 saturated carbocycles. The molecule has 1 atom stereocenters. The summed E-state index contributed by atoms with van der Waals surface area (Å²) < 4.78 is 26.9. The Morgan fingerprint density at radius 1 is 1.23 bits per heavy atom. The van der Waals surface area contributed by atoms with Crippen LogP contribution < -0.4 is 11.1 Å². The molecule has 1 amide bonds. The predicted molar refractivity (Wildman–Crippen MR) is 84.3 cm³/mol. The van der Waals surface area contributed by atoms with Crippen molar-refractivity contribution in [3.63, 3.8) is 0 Å². The van der Waals surface area contributed by atoms with Crippen molar-refractivity contribution in [1.82, 2.24) is 5.32 Å². The minimum Gasteiger partial charge on any atom is -0.349 e. The summed E-state index contributed by atoms with van der Waals surface area (Å²) in [6.45, 7) is 2.64. The Morgan fingerprint density at radius 2 is 1.95 bits per heavy atom. The van der Waals surface area contributed by atoms with Crippen LogP contribution in [0, 0.1) is 11.6 Å². The fourth-order valence-corrected chi connectivity index (χ4v) is 2.43. The van der Waals surface area contributed by atoms with Crippen molar-refractivity contribution in [3.8, 4) is 0 Å². The molecular formula is C17H26F2N2O. The first-order valence-electron chi connectivity index (χ1n) is 8.02. The fourth-order valence-electron chi connectivity index (χ4n) is 2.43. The molecule has 3 N–H and O–H groups in total. The number of nitrogens with one attached hydrogen (secondary N) is 1. The van der Waals surface area contributed by atoms with Gasteiger partial charge in [0.05, 0.1) is 6.04 Å². The number of unbranched alkanes of at least 4 members (excludes halogenated alkanes) is 3. The number of rotatable bonds is 10. The zero-order valence-electron chi connectivity index (χ0n) is 13.2. The van der Waals surface area contributed by atoms with Crippen LogP contribution in [0.4, 0.5) is 8.78 Å². The van der Waals surface area contributed by atoms with E-state index in [0.29, 0.717) is 24.9 Å². The van der Waals surface area contributed by atoms with Crippen molar-refractivity contribution in [1.29, 1.82) is 0 Å². The van der Waals surface area contributed by atoms with Gasteiger partial charge in [0.2, 0.25) is 5.91 Å². The first-order chi connectivity index (χ1) is 10.6. The van der Waals surface area contributed by atoms with Gasteiger partial charge in [-0.15, -0.1) is 0 Å². The second kappa shape index (κ2) is 10.3. The lowest BCUT2D eigenvalue weighted by atomic mass is 10.0.